The topological polar surface area (TPSA) is 67.5 Å². The normalized spacial score (nSPS) is 34.7. The molecule has 3 rings (SSSR count). The second-order valence-corrected chi connectivity index (χ2v) is 7.95. The predicted octanol–water partition coefficient (Wildman–Crippen LogP) is 4.34. The fourth-order valence-electron chi connectivity index (χ4n) is 4.91. The lowest BCUT2D eigenvalue weighted by Crippen LogP contribution is -2.56. The first-order chi connectivity index (χ1) is 11.3. The van der Waals surface area contributed by atoms with E-state index in [1.807, 2.05) is 18.2 Å². The van der Waals surface area contributed by atoms with Gasteiger partial charge in [-0.1, -0.05) is 39.3 Å². The molecule has 24 heavy (non-hydrogen) atoms. The van der Waals surface area contributed by atoms with Gasteiger partial charge >= 0.3 is 0 Å². The zero-order valence-electron chi connectivity index (χ0n) is 14.4. The number of carbonyl (C=O) groups is 2. The van der Waals surface area contributed by atoms with Crippen molar-refractivity contribution in [3.8, 4) is 0 Å². The van der Waals surface area contributed by atoms with Crippen LogP contribution in [-0.2, 0) is 9.59 Å². The van der Waals surface area contributed by atoms with Crippen LogP contribution >= 0.6 is 0 Å². The molecular formula is C20H24O4. The Labute approximate surface area is 142 Å². The van der Waals surface area contributed by atoms with E-state index in [2.05, 4.69) is 20.8 Å². The molecule has 4 nitrogen and oxygen atoms in total. The molecule has 0 aromatic carbocycles. The number of ketones is 2. The van der Waals surface area contributed by atoms with Crippen LogP contribution in [0.3, 0.4) is 0 Å². The molecule has 0 amide bonds. The maximum atomic E-state index is 12.8. The average Bonchev–Trinajstić information content (AvgIpc) is 3.01. The van der Waals surface area contributed by atoms with Crippen molar-refractivity contribution in [1.82, 2.24) is 0 Å². The number of aliphatic hydroxyl groups excluding tert-OH is 1. The lowest BCUT2D eigenvalue weighted by atomic mass is 9.47. The third-order valence-corrected chi connectivity index (χ3v) is 5.93. The van der Waals surface area contributed by atoms with Crippen molar-refractivity contribution in [1.29, 1.82) is 0 Å². The number of aliphatic hydroxyl groups is 1. The zero-order valence-corrected chi connectivity index (χ0v) is 14.4. The first kappa shape index (κ1) is 16.7. The number of Topliss-reactive ketones (excluding diaryl/α,β-unsaturated/α-hetero) is 2. The molecule has 4 heteroatoms. The summed E-state index contributed by atoms with van der Waals surface area (Å²) in [7, 11) is 0. The average molecular weight is 328 g/mol. The minimum Gasteiger partial charge on any atom is -0.515 e. The van der Waals surface area contributed by atoms with Crippen molar-refractivity contribution in [2.24, 2.45) is 22.7 Å². The van der Waals surface area contributed by atoms with Gasteiger partial charge in [0, 0.05) is 23.0 Å². The molecule has 0 spiro atoms. The summed E-state index contributed by atoms with van der Waals surface area (Å²) in [5, 5.41) is 9.65. The Balaban J connectivity index is 2.09. The van der Waals surface area contributed by atoms with E-state index in [9.17, 15) is 14.7 Å². The van der Waals surface area contributed by atoms with Gasteiger partial charge < -0.3 is 9.52 Å². The van der Waals surface area contributed by atoms with Crippen molar-refractivity contribution in [2.75, 3.05) is 0 Å². The van der Waals surface area contributed by atoms with E-state index in [-0.39, 0.29) is 34.0 Å². The van der Waals surface area contributed by atoms with Gasteiger partial charge in [-0.2, -0.15) is 0 Å². The zero-order chi connectivity index (χ0) is 17.5. The molecule has 2 saturated carbocycles. The largest absolute Gasteiger partial charge is 0.515 e. The van der Waals surface area contributed by atoms with Crippen LogP contribution in [0.15, 0.2) is 40.9 Å². The summed E-state index contributed by atoms with van der Waals surface area (Å²) in [6, 6.07) is 1.83. The van der Waals surface area contributed by atoms with Gasteiger partial charge in [-0.15, -0.1) is 0 Å². The monoisotopic (exact) mass is 328 g/mol. The summed E-state index contributed by atoms with van der Waals surface area (Å²) in [6.07, 6.45) is 10.7. The second-order valence-electron chi connectivity index (χ2n) is 7.95. The molecule has 128 valence electrons. The molecule has 2 fully saturated rings. The van der Waals surface area contributed by atoms with Gasteiger partial charge in [-0.25, -0.2) is 0 Å². The van der Waals surface area contributed by atoms with Crippen LogP contribution in [0.5, 0.6) is 0 Å². The van der Waals surface area contributed by atoms with Gasteiger partial charge in [0.1, 0.15) is 0 Å². The highest BCUT2D eigenvalue weighted by molar-refractivity contribution is 6.45. The third kappa shape index (κ3) is 2.45. The highest BCUT2D eigenvalue weighted by Gasteiger charge is 2.59. The predicted molar refractivity (Wildman–Crippen MR) is 91.2 cm³/mol. The molecule has 0 radical (unpaired) electrons. The van der Waals surface area contributed by atoms with Crippen molar-refractivity contribution < 1.29 is 19.1 Å². The number of carbonyl (C=O) groups excluding carboxylic acids is 2. The van der Waals surface area contributed by atoms with Gasteiger partial charge in [0.2, 0.25) is 11.6 Å². The highest BCUT2D eigenvalue weighted by Crippen LogP contribution is 2.59. The van der Waals surface area contributed by atoms with Crippen LogP contribution in [0.25, 0.3) is 6.08 Å². The molecular weight excluding hydrogens is 304 g/mol. The number of allylic oxidation sites excluding steroid dienone is 2. The van der Waals surface area contributed by atoms with E-state index in [1.165, 1.54) is 0 Å². The van der Waals surface area contributed by atoms with Crippen LogP contribution in [0.2, 0.25) is 0 Å². The lowest BCUT2D eigenvalue weighted by molar-refractivity contribution is -0.152. The van der Waals surface area contributed by atoms with Crippen LogP contribution in [0.1, 0.15) is 45.6 Å². The molecule has 0 saturated heterocycles. The minimum absolute atomic E-state index is 0.205. The van der Waals surface area contributed by atoms with Crippen LogP contribution in [0, 0.1) is 22.7 Å². The SMILES string of the molecule is CC1(C)CCC[C@]2(C)[C@@H](/C=C/c3ccoc3)C(=CO)C(=O)C(=O)[C@@H]12. The fourth-order valence-corrected chi connectivity index (χ4v) is 4.91. The Hall–Kier alpha value is -2.10. The first-order valence-electron chi connectivity index (χ1n) is 8.44. The molecule has 2 aliphatic carbocycles. The molecule has 2 aliphatic rings. The Morgan fingerprint density at radius 1 is 1.25 bits per heavy atom. The summed E-state index contributed by atoms with van der Waals surface area (Å²) in [5.74, 6) is -1.51. The van der Waals surface area contributed by atoms with E-state index in [0.29, 0.717) is 0 Å². The lowest BCUT2D eigenvalue weighted by Gasteiger charge is -2.55. The summed E-state index contributed by atoms with van der Waals surface area (Å²) in [6.45, 7) is 6.23. The molecule has 0 bridgehead atoms. The Kier molecular flexibility index (Phi) is 4.02. The summed E-state index contributed by atoms with van der Waals surface area (Å²) in [4.78, 5) is 25.4. The fraction of sp³-hybridized carbons (Fsp3) is 0.500. The summed E-state index contributed by atoms with van der Waals surface area (Å²) >= 11 is 0. The Morgan fingerprint density at radius 2 is 2.00 bits per heavy atom. The van der Waals surface area contributed by atoms with Crippen LogP contribution < -0.4 is 0 Å². The number of hydrogen-bond acceptors (Lipinski definition) is 4. The third-order valence-electron chi connectivity index (χ3n) is 5.93. The maximum Gasteiger partial charge on any atom is 0.228 e. The standard InChI is InChI=1S/C20H24O4/c1-19(2)8-4-9-20(3)15(6-5-13-7-10-24-12-13)14(11-21)16(22)17(23)18(19)20/h5-7,10-12,15,18,21H,4,8-9H2,1-3H3/b6-5+,14-11?/t15-,18-,20+/m0/s1. The van der Waals surface area contributed by atoms with E-state index in [0.717, 1.165) is 31.1 Å². The van der Waals surface area contributed by atoms with Gasteiger partial charge in [-0.05, 0) is 29.7 Å². The van der Waals surface area contributed by atoms with Gasteiger partial charge in [0.05, 0.1) is 18.8 Å². The Morgan fingerprint density at radius 3 is 2.62 bits per heavy atom. The number of rotatable bonds is 2. The van der Waals surface area contributed by atoms with E-state index in [4.69, 9.17) is 4.42 Å². The number of hydrogen-bond donors (Lipinski definition) is 1. The molecule has 0 unspecified atom stereocenters. The molecule has 1 aromatic heterocycles. The molecule has 3 atom stereocenters. The molecule has 1 aromatic rings. The van der Waals surface area contributed by atoms with E-state index >= 15 is 0 Å². The van der Waals surface area contributed by atoms with Crippen molar-refractivity contribution in [2.45, 2.75) is 40.0 Å². The molecule has 1 N–H and O–H groups in total. The van der Waals surface area contributed by atoms with Crippen LogP contribution in [0.4, 0.5) is 0 Å². The van der Waals surface area contributed by atoms with Crippen molar-refractivity contribution >= 4 is 17.6 Å². The summed E-state index contributed by atoms with van der Waals surface area (Å²) < 4.78 is 5.07. The number of fused-ring (bicyclic) bond motifs is 1. The van der Waals surface area contributed by atoms with Gasteiger partial charge in [-0.3, -0.25) is 9.59 Å². The van der Waals surface area contributed by atoms with Gasteiger partial charge in [0.25, 0.3) is 0 Å². The quantitative estimate of drug-likeness (QED) is 0.498. The first-order valence-corrected chi connectivity index (χ1v) is 8.44. The van der Waals surface area contributed by atoms with Crippen LogP contribution in [-0.4, -0.2) is 16.7 Å². The van der Waals surface area contributed by atoms with E-state index < -0.39 is 5.78 Å². The summed E-state index contributed by atoms with van der Waals surface area (Å²) in [5.41, 5.74) is 0.507. The molecule has 1 heterocycles. The maximum absolute atomic E-state index is 12.8. The van der Waals surface area contributed by atoms with Crippen molar-refractivity contribution in [3.63, 3.8) is 0 Å². The highest BCUT2D eigenvalue weighted by atomic mass is 16.3. The van der Waals surface area contributed by atoms with E-state index in [1.54, 1.807) is 12.5 Å². The Bertz CT molecular complexity index is 708. The van der Waals surface area contributed by atoms with Crippen molar-refractivity contribution in [3.05, 3.63) is 42.1 Å². The second kappa shape index (κ2) is 5.76. The molecule has 0 aliphatic heterocycles. The number of furan rings is 1. The smallest absolute Gasteiger partial charge is 0.228 e. The van der Waals surface area contributed by atoms with Gasteiger partial charge in [0.15, 0.2) is 0 Å². The minimum atomic E-state index is -0.545.